The van der Waals surface area contributed by atoms with E-state index in [4.69, 9.17) is 0 Å². The second-order valence-electron chi connectivity index (χ2n) is 6.29. The molecule has 2 aromatic rings. The molecule has 122 valence electrons. The van der Waals surface area contributed by atoms with Gasteiger partial charge in [-0.3, -0.25) is 9.89 Å². The van der Waals surface area contributed by atoms with Crippen molar-refractivity contribution in [3.63, 3.8) is 0 Å². The summed E-state index contributed by atoms with van der Waals surface area (Å²) in [5, 5.41) is 23.3. The number of phenolic OH excluding ortho intramolecular Hbond substituents is 1. The molecule has 0 saturated heterocycles. The predicted octanol–water partition coefficient (Wildman–Crippen LogP) is 2.45. The maximum atomic E-state index is 12.6. The van der Waals surface area contributed by atoms with E-state index >= 15 is 0 Å². The number of carbonyl (C=O) groups is 1. The number of rotatable bonds is 3. The Balaban J connectivity index is 1.88. The SMILES string of the molecule is Cc1cc(O)c(C(C)C)cc1NC(=O)c1n[nH]c2c1CNCC2. The van der Waals surface area contributed by atoms with E-state index in [2.05, 4.69) is 20.8 Å². The molecule has 0 fully saturated rings. The Morgan fingerprint density at radius 3 is 2.91 bits per heavy atom. The highest BCUT2D eigenvalue weighted by Crippen LogP contribution is 2.31. The van der Waals surface area contributed by atoms with Crippen molar-refractivity contribution in [2.24, 2.45) is 0 Å². The van der Waals surface area contributed by atoms with E-state index < -0.39 is 0 Å². The van der Waals surface area contributed by atoms with Crippen molar-refractivity contribution in [2.75, 3.05) is 11.9 Å². The number of aromatic amines is 1. The number of carbonyl (C=O) groups excluding carboxylic acids is 1. The van der Waals surface area contributed by atoms with Crippen LogP contribution in [0.3, 0.4) is 0 Å². The lowest BCUT2D eigenvalue weighted by Gasteiger charge is -2.15. The Morgan fingerprint density at radius 2 is 2.17 bits per heavy atom. The van der Waals surface area contributed by atoms with Crippen LogP contribution in [0.4, 0.5) is 5.69 Å². The number of benzene rings is 1. The monoisotopic (exact) mass is 314 g/mol. The van der Waals surface area contributed by atoms with Gasteiger partial charge in [0.1, 0.15) is 5.75 Å². The molecular weight excluding hydrogens is 292 g/mol. The Kier molecular flexibility index (Phi) is 4.09. The zero-order valence-electron chi connectivity index (χ0n) is 13.7. The summed E-state index contributed by atoms with van der Waals surface area (Å²) in [6.07, 6.45) is 0.853. The molecule has 3 rings (SSSR count). The summed E-state index contributed by atoms with van der Waals surface area (Å²) < 4.78 is 0. The number of anilines is 1. The normalized spacial score (nSPS) is 13.9. The molecule has 4 N–H and O–H groups in total. The first kappa shape index (κ1) is 15.6. The molecule has 0 radical (unpaired) electrons. The maximum absolute atomic E-state index is 12.6. The number of fused-ring (bicyclic) bond motifs is 1. The van der Waals surface area contributed by atoms with E-state index in [1.807, 2.05) is 26.8 Å². The molecule has 0 unspecified atom stereocenters. The summed E-state index contributed by atoms with van der Waals surface area (Å²) in [7, 11) is 0. The summed E-state index contributed by atoms with van der Waals surface area (Å²) >= 11 is 0. The molecule has 0 saturated carbocycles. The topological polar surface area (TPSA) is 90.0 Å². The van der Waals surface area contributed by atoms with Gasteiger partial charge >= 0.3 is 0 Å². The molecule has 0 atom stereocenters. The summed E-state index contributed by atoms with van der Waals surface area (Å²) in [5.74, 6) is 0.208. The molecule has 6 nitrogen and oxygen atoms in total. The van der Waals surface area contributed by atoms with Crippen LogP contribution < -0.4 is 10.6 Å². The van der Waals surface area contributed by atoms with Gasteiger partial charge in [-0.05, 0) is 36.1 Å². The quantitative estimate of drug-likeness (QED) is 0.655. The molecule has 6 heteroatoms. The van der Waals surface area contributed by atoms with Crippen LogP contribution in [-0.2, 0) is 13.0 Å². The molecular formula is C17H22N4O2. The van der Waals surface area contributed by atoms with E-state index in [1.165, 1.54) is 0 Å². The fourth-order valence-corrected chi connectivity index (χ4v) is 2.90. The molecule has 1 aromatic carbocycles. The van der Waals surface area contributed by atoms with Gasteiger partial charge in [0.25, 0.3) is 5.91 Å². The van der Waals surface area contributed by atoms with Crippen molar-refractivity contribution in [1.29, 1.82) is 0 Å². The van der Waals surface area contributed by atoms with Crippen LogP contribution in [-0.4, -0.2) is 27.8 Å². The molecule has 0 spiro atoms. The van der Waals surface area contributed by atoms with Crippen LogP contribution >= 0.6 is 0 Å². The molecule has 1 amide bonds. The fraction of sp³-hybridized carbons (Fsp3) is 0.412. The van der Waals surface area contributed by atoms with Crippen molar-refractivity contribution in [3.8, 4) is 5.75 Å². The van der Waals surface area contributed by atoms with Crippen LogP contribution in [0.25, 0.3) is 0 Å². The smallest absolute Gasteiger partial charge is 0.276 e. The number of amides is 1. The summed E-state index contributed by atoms with van der Waals surface area (Å²) in [6.45, 7) is 7.42. The summed E-state index contributed by atoms with van der Waals surface area (Å²) in [5.41, 5.74) is 4.75. The van der Waals surface area contributed by atoms with Gasteiger partial charge in [0.2, 0.25) is 0 Å². The third kappa shape index (κ3) is 2.94. The minimum atomic E-state index is -0.227. The molecule has 23 heavy (non-hydrogen) atoms. The van der Waals surface area contributed by atoms with Gasteiger partial charge in [0.15, 0.2) is 5.69 Å². The first-order valence-electron chi connectivity index (χ1n) is 7.89. The first-order valence-corrected chi connectivity index (χ1v) is 7.89. The van der Waals surface area contributed by atoms with E-state index in [0.29, 0.717) is 17.9 Å². The van der Waals surface area contributed by atoms with E-state index in [0.717, 1.165) is 35.3 Å². The fourth-order valence-electron chi connectivity index (χ4n) is 2.90. The number of hydrogen-bond acceptors (Lipinski definition) is 4. The van der Waals surface area contributed by atoms with E-state index in [-0.39, 0.29) is 17.6 Å². The largest absolute Gasteiger partial charge is 0.508 e. The highest BCUT2D eigenvalue weighted by Gasteiger charge is 2.22. The van der Waals surface area contributed by atoms with Crippen LogP contribution in [0.15, 0.2) is 12.1 Å². The predicted molar refractivity (Wildman–Crippen MR) is 88.9 cm³/mol. The Hall–Kier alpha value is -2.34. The second kappa shape index (κ2) is 6.04. The van der Waals surface area contributed by atoms with Crippen molar-refractivity contribution < 1.29 is 9.90 Å². The average molecular weight is 314 g/mol. The molecule has 0 bridgehead atoms. The van der Waals surface area contributed by atoms with Gasteiger partial charge in [-0.1, -0.05) is 13.8 Å². The van der Waals surface area contributed by atoms with Crippen LogP contribution in [0.1, 0.15) is 52.6 Å². The molecule has 1 aliphatic rings. The molecule has 0 aliphatic carbocycles. The minimum absolute atomic E-state index is 0.175. The number of aromatic hydroxyl groups is 1. The number of phenols is 1. The van der Waals surface area contributed by atoms with Crippen LogP contribution in [0.5, 0.6) is 5.75 Å². The minimum Gasteiger partial charge on any atom is -0.508 e. The molecule has 1 aromatic heterocycles. The Morgan fingerprint density at radius 1 is 1.39 bits per heavy atom. The van der Waals surface area contributed by atoms with Crippen molar-refractivity contribution in [2.45, 2.75) is 39.7 Å². The highest BCUT2D eigenvalue weighted by atomic mass is 16.3. The van der Waals surface area contributed by atoms with E-state index in [1.54, 1.807) is 6.07 Å². The molecule has 2 heterocycles. The number of aryl methyl sites for hydroxylation is 1. The van der Waals surface area contributed by atoms with Gasteiger partial charge in [0, 0.05) is 36.5 Å². The zero-order valence-corrected chi connectivity index (χ0v) is 13.7. The van der Waals surface area contributed by atoms with Crippen LogP contribution in [0.2, 0.25) is 0 Å². The van der Waals surface area contributed by atoms with Crippen molar-refractivity contribution in [1.82, 2.24) is 15.5 Å². The zero-order chi connectivity index (χ0) is 16.6. The number of H-pyrrole nitrogens is 1. The lowest BCUT2D eigenvalue weighted by Crippen LogP contribution is -2.25. The number of aromatic nitrogens is 2. The highest BCUT2D eigenvalue weighted by molar-refractivity contribution is 6.04. The first-order chi connectivity index (χ1) is 11.0. The van der Waals surface area contributed by atoms with Crippen LogP contribution in [0, 0.1) is 6.92 Å². The van der Waals surface area contributed by atoms with Gasteiger partial charge in [-0.2, -0.15) is 5.10 Å². The van der Waals surface area contributed by atoms with Gasteiger partial charge in [-0.25, -0.2) is 0 Å². The number of nitrogens with one attached hydrogen (secondary N) is 3. The van der Waals surface area contributed by atoms with Crippen molar-refractivity contribution in [3.05, 3.63) is 40.2 Å². The third-order valence-corrected chi connectivity index (χ3v) is 4.27. The summed E-state index contributed by atoms with van der Waals surface area (Å²) in [4.78, 5) is 12.6. The number of nitrogens with zero attached hydrogens (tertiary/aromatic N) is 1. The molecule has 1 aliphatic heterocycles. The number of hydrogen-bond donors (Lipinski definition) is 4. The van der Waals surface area contributed by atoms with Crippen molar-refractivity contribution >= 4 is 11.6 Å². The second-order valence-corrected chi connectivity index (χ2v) is 6.29. The van der Waals surface area contributed by atoms with Gasteiger partial charge in [0.05, 0.1) is 0 Å². The third-order valence-electron chi connectivity index (χ3n) is 4.27. The standard InChI is InChI=1S/C17H22N4O2/c1-9(2)11-7-14(10(3)6-15(11)22)19-17(23)16-12-8-18-5-4-13(12)20-21-16/h6-7,9,18,22H,4-5,8H2,1-3H3,(H,19,23)(H,20,21). The van der Waals surface area contributed by atoms with E-state index in [9.17, 15) is 9.90 Å². The lowest BCUT2D eigenvalue weighted by molar-refractivity contribution is 0.102. The van der Waals surface area contributed by atoms with Gasteiger partial charge < -0.3 is 15.7 Å². The lowest BCUT2D eigenvalue weighted by atomic mass is 9.99. The van der Waals surface area contributed by atoms with Gasteiger partial charge in [-0.15, -0.1) is 0 Å². The average Bonchev–Trinajstić information content (AvgIpc) is 2.93. The Labute approximate surface area is 135 Å². The summed E-state index contributed by atoms with van der Waals surface area (Å²) in [6, 6.07) is 3.52. The Bertz CT molecular complexity index is 749. The maximum Gasteiger partial charge on any atom is 0.276 e.